The molecule has 0 unspecified atom stereocenters. The predicted octanol–water partition coefficient (Wildman–Crippen LogP) is 2.43. The third-order valence-electron chi connectivity index (χ3n) is 2.09. The molecule has 5 heteroatoms. The highest BCUT2D eigenvalue weighted by Gasteiger charge is 2.16. The van der Waals surface area contributed by atoms with Crippen LogP contribution in [0.2, 0.25) is 0 Å². The zero-order valence-corrected chi connectivity index (χ0v) is 13.7. The normalized spacial score (nSPS) is 12.1. The molecule has 0 spiro atoms. The Kier molecular flexibility index (Phi) is 7.79. The fourth-order valence-corrected chi connectivity index (χ4v) is 1.48. The minimum absolute atomic E-state index is 0.176. The first-order valence-corrected chi connectivity index (χ1v) is 7.14. The van der Waals surface area contributed by atoms with Gasteiger partial charge in [-0.2, -0.15) is 0 Å². The van der Waals surface area contributed by atoms with E-state index in [1.807, 2.05) is 41.5 Å². The van der Waals surface area contributed by atoms with Gasteiger partial charge in [0.2, 0.25) is 0 Å². The van der Waals surface area contributed by atoms with Crippen LogP contribution in [-0.2, 0) is 19.1 Å². The van der Waals surface area contributed by atoms with E-state index in [1.54, 1.807) is 0 Å². The van der Waals surface area contributed by atoms with E-state index in [0.717, 1.165) is 12.8 Å². The Labute approximate surface area is 122 Å². The molecule has 0 aromatic heterocycles. The van der Waals surface area contributed by atoms with Crippen molar-refractivity contribution >= 4 is 11.9 Å². The lowest BCUT2D eigenvalue weighted by Gasteiger charge is -2.20. The first kappa shape index (κ1) is 18.9. The number of carbonyl (C=O) groups excluding carboxylic acids is 2. The van der Waals surface area contributed by atoms with Crippen LogP contribution in [0.5, 0.6) is 0 Å². The van der Waals surface area contributed by atoms with E-state index < -0.39 is 11.2 Å². The summed E-state index contributed by atoms with van der Waals surface area (Å²) in [7, 11) is 0. The topological polar surface area (TPSA) is 64.6 Å². The molecular weight excluding hydrogens is 258 g/mol. The molecule has 0 aliphatic carbocycles. The molecule has 0 amide bonds. The summed E-state index contributed by atoms with van der Waals surface area (Å²) in [6, 6.07) is 0. The SMILES string of the molecule is CC(C)(C)OC(=O)CCCCNCC(=O)OC(C)(C)C. The number of rotatable bonds is 7. The van der Waals surface area contributed by atoms with Crippen LogP contribution in [0, 0.1) is 0 Å². The zero-order chi connectivity index (χ0) is 15.8. The van der Waals surface area contributed by atoms with E-state index in [-0.39, 0.29) is 18.5 Å². The maximum absolute atomic E-state index is 11.4. The van der Waals surface area contributed by atoms with Crippen LogP contribution in [0.15, 0.2) is 0 Å². The molecule has 0 aliphatic rings. The molecule has 0 saturated carbocycles. The maximum Gasteiger partial charge on any atom is 0.320 e. The number of hydrogen-bond donors (Lipinski definition) is 1. The first-order valence-electron chi connectivity index (χ1n) is 7.14. The molecule has 0 atom stereocenters. The van der Waals surface area contributed by atoms with Crippen LogP contribution in [-0.4, -0.2) is 36.2 Å². The van der Waals surface area contributed by atoms with Gasteiger partial charge in [-0.3, -0.25) is 9.59 Å². The molecule has 1 N–H and O–H groups in total. The van der Waals surface area contributed by atoms with Gasteiger partial charge in [-0.15, -0.1) is 0 Å². The van der Waals surface area contributed by atoms with Gasteiger partial charge in [0.15, 0.2) is 0 Å². The second kappa shape index (κ2) is 8.25. The lowest BCUT2D eigenvalue weighted by Crippen LogP contribution is -2.32. The fraction of sp³-hybridized carbons (Fsp3) is 0.867. The van der Waals surface area contributed by atoms with Gasteiger partial charge >= 0.3 is 11.9 Å². The van der Waals surface area contributed by atoms with Crippen LogP contribution < -0.4 is 5.32 Å². The number of unbranched alkanes of at least 4 members (excludes halogenated alkanes) is 1. The van der Waals surface area contributed by atoms with E-state index >= 15 is 0 Å². The molecule has 0 aliphatic heterocycles. The summed E-state index contributed by atoms with van der Waals surface area (Å²) in [6.07, 6.45) is 1.98. The van der Waals surface area contributed by atoms with Gasteiger partial charge in [0, 0.05) is 6.42 Å². The molecule has 5 nitrogen and oxygen atoms in total. The monoisotopic (exact) mass is 287 g/mol. The highest BCUT2D eigenvalue weighted by molar-refractivity contribution is 5.72. The van der Waals surface area contributed by atoms with Crippen LogP contribution in [0.4, 0.5) is 0 Å². The summed E-state index contributed by atoms with van der Waals surface area (Å²) in [5, 5.41) is 3.00. The van der Waals surface area contributed by atoms with Crippen molar-refractivity contribution in [3.63, 3.8) is 0 Å². The molecule has 0 aromatic rings. The summed E-state index contributed by atoms with van der Waals surface area (Å²) < 4.78 is 10.4. The van der Waals surface area contributed by atoms with Crippen molar-refractivity contribution in [3.8, 4) is 0 Å². The van der Waals surface area contributed by atoms with E-state index in [0.29, 0.717) is 13.0 Å². The van der Waals surface area contributed by atoms with E-state index in [2.05, 4.69) is 5.32 Å². The number of nitrogens with one attached hydrogen (secondary N) is 1. The fourth-order valence-electron chi connectivity index (χ4n) is 1.48. The quantitative estimate of drug-likeness (QED) is 0.575. The number of esters is 2. The molecule has 0 radical (unpaired) electrons. The summed E-state index contributed by atoms with van der Waals surface area (Å²) in [5.74, 6) is -0.436. The highest BCUT2D eigenvalue weighted by atomic mass is 16.6. The van der Waals surface area contributed by atoms with Crippen molar-refractivity contribution in [2.24, 2.45) is 0 Å². The molecule has 0 rings (SSSR count). The van der Waals surface area contributed by atoms with Gasteiger partial charge < -0.3 is 14.8 Å². The Morgan fingerprint density at radius 1 is 0.850 bits per heavy atom. The zero-order valence-electron chi connectivity index (χ0n) is 13.7. The molecule has 0 bridgehead atoms. The van der Waals surface area contributed by atoms with Gasteiger partial charge in [-0.25, -0.2) is 0 Å². The van der Waals surface area contributed by atoms with Crippen molar-refractivity contribution < 1.29 is 19.1 Å². The minimum atomic E-state index is -0.449. The summed E-state index contributed by atoms with van der Waals surface area (Å²) >= 11 is 0. The summed E-state index contributed by atoms with van der Waals surface area (Å²) in [4.78, 5) is 22.8. The molecule has 0 heterocycles. The van der Waals surface area contributed by atoms with Crippen molar-refractivity contribution in [2.75, 3.05) is 13.1 Å². The van der Waals surface area contributed by atoms with Crippen molar-refractivity contribution in [1.29, 1.82) is 0 Å². The number of ether oxygens (including phenoxy) is 2. The molecule has 20 heavy (non-hydrogen) atoms. The van der Waals surface area contributed by atoms with Gasteiger partial charge in [0.1, 0.15) is 11.2 Å². The average molecular weight is 287 g/mol. The van der Waals surface area contributed by atoms with Crippen molar-refractivity contribution in [3.05, 3.63) is 0 Å². The lowest BCUT2D eigenvalue weighted by atomic mass is 10.2. The largest absolute Gasteiger partial charge is 0.460 e. The van der Waals surface area contributed by atoms with Crippen molar-refractivity contribution in [1.82, 2.24) is 5.32 Å². The molecule has 0 saturated heterocycles. The van der Waals surface area contributed by atoms with Crippen molar-refractivity contribution in [2.45, 2.75) is 72.0 Å². The molecule has 0 fully saturated rings. The average Bonchev–Trinajstić information content (AvgIpc) is 2.17. The van der Waals surface area contributed by atoms with Crippen LogP contribution >= 0.6 is 0 Å². The molecular formula is C15H29NO4. The number of carbonyl (C=O) groups is 2. The third kappa shape index (κ3) is 13.3. The Morgan fingerprint density at radius 3 is 1.85 bits per heavy atom. The number of hydrogen-bond acceptors (Lipinski definition) is 5. The van der Waals surface area contributed by atoms with E-state index in [4.69, 9.17) is 9.47 Å². The van der Waals surface area contributed by atoms with Gasteiger partial charge in [-0.05, 0) is 60.9 Å². The van der Waals surface area contributed by atoms with Gasteiger partial charge in [0.25, 0.3) is 0 Å². The Bertz CT molecular complexity index is 281. The Morgan fingerprint density at radius 2 is 1.35 bits per heavy atom. The molecule has 118 valence electrons. The lowest BCUT2D eigenvalue weighted by molar-refractivity contribution is -0.155. The minimum Gasteiger partial charge on any atom is -0.460 e. The smallest absolute Gasteiger partial charge is 0.320 e. The van der Waals surface area contributed by atoms with Gasteiger partial charge in [0.05, 0.1) is 6.54 Å². The predicted molar refractivity (Wildman–Crippen MR) is 78.4 cm³/mol. The highest BCUT2D eigenvalue weighted by Crippen LogP contribution is 2.09. The third-order valence-corrected chi connectivity index (χ3v) is 2.09. The van der Waals surface area contributed by atoms with Crippen LogP contribution in [0.25, 0.3) is 0 Å². The van der Waals surface area contributed by atoms with Gasteiger partial charge in [-0.1, -0.05) is 0 Å². The summed E-state index contributed by atoms with van der Waals surface area (Å²) in [6.45, 7) is 12.0. The van der Waals surface area contributed by atoms with E-state index in [1.165, 1.54) is 0 Å². The standard InChI is InChI=1S/C15H29NO4/c1-14(2,3)19-12(17)9-7-8-10-16-11-13(18)20-15(4,5)6/h16H,7-11H2,1-6H3. The molecule has 0 aromatic carbocycles. The second-order valence-electron chi connectivity index (χ2n) is 6.81. The Hall–Kier alpha value is -1.10. The first-order chi connectivity index (χ1) is 8.99. The maximum atomic E-state index is 11.4. The Balaban J connectivity index is 3.54. The second-order valence-corrected chi connectivity index (χ2v) is 6.81. The summed E-state index contributed by atoms with van der Waals surface area (Å²) in [5.41, 5.74) is -0.873. The van der Waals surface area contributed by atoms with Crippen LogP contribution in [0.1, 0.15) is 60.8 Å². The van der Waals surface area contributed by atoms with Crippen LogP contribution in [0.3, 0.4) is 0 Å². The van der Waals surface area contributed by atoms with E-state index in [9.17, 15) is 9.59 Å².